The summed E-state index contributed by atoms with van der Waals surface area (Å²) in [6.45, 7) is 4.21. The van der Waals surface area contributed by atoms with Crippen LogP contribution in [0.3, 0.4) is 0 Å². The van der Waals surface area contributed by atoms with Crippen LogP contribution in [0, 0.1) is 0 Å². The van der Waals surface area contributed by atoms with E-state index in [2.05, 4.69) is 33.8 Å². The predicted octanol–water partition coefficient (Wildman–Crippen LogP) is 3.98. The van der Waals surface area contributed by atoms with E-state index in [-0.39, 0.29) is 0 Å². The fraction of sp³-hybridized carbons (Fsp3) is 0.211. The van der Waals surface area contributed by atoms with E-state index in [0.717, 1.165) is 16.6 Å². The Morgan fingerprint density at radius 1 is 1.05 bits per heavy atom. The minimum absolute atomic E-state index is 0.675. The van der Waals surface area contributed by atoms with Gasteiger partial charge in [0.05, 0.1) is 11.0 Å². The van der Waals surface area contributed by atoms with Crippen molar-refractivity contribution < 1.29 is 5.11 Å². The van der Waals surface area contributed by atoms with Crippen molar-refractivity contribution in [1.82, 2.24) is 9.55 Å². The SMILES string of the molecule is CC(C)(O)c1nc2ccccc2n1C/C=C/c1ccccc1. The fourth-order valence-corrected chi connectivity index (χ4v) is 2.59. The van der Waals surface area contributed by atoms with Crippen molar-refractivity contribution in [3.63, 3.8) is 0 Å². The molecule has 0 fully saturated rings. The quantitative estimate of drug-likeness (QED) is 0.790. The van der Waals surface area contributed by atoms with Crippen molar-refractivity contribution in [1.29, 1.82) is 0 Å². The van der Waals surface area contributed by atoms with E-state index in [0.29, 0.717) is 12.4 Å². The number of nitrogens with zero attached hydrogens (tertiary/aromatic N) is 2. The Morgan fingerprint density at radius 2 is 1.73 bits per heavy atom. The lowest BCUT2D eigenvalue weighted by Gasteiger charge is -2.18. The molecule has 1 aromatic heterocycles. The molecule has 0 aliphatic carbocycles. The molecule has 0 amide bonds. The maximum Gasteiger partial charge on any atom is 0.141 e. The molecule has 3 nitrogen and oxygen atoms in total. The lowest BCUT2D eigenvalue weighted by atomic mass is 10.1. The molecule has 3 aromatic rings. The number of benzene rings is 2. The normalized spacial score (nSPS) is 12.3. The maximum atomic E-state index is 10.4. The van der Waals surface area contributed by atoms with Crippen LogP contribution in [0.4, 0.5) is 0 Å². The molecule has 2 aromatic carbocycles. The van der Waals surface area contributed by atoms with Crippen LogP contribution in [0.25, 0.3) is 17.1 Å². The van der Waals surface area contributed by atoms with Gasteiger partial charge in [-0.2, -0.15) is 0 Å². The lowest BCUT2D eigenvalue weighted by molar-refractivity contribution is 0.0658. The summed E-state index contributed by atoms with van der Waals surface area (Å²) >= 11 is 0. The molecule has 0 aliphatic rings. The third-order valence-corrected chi connectivity index (χ3v) is 3.60. The number of allylic oxidation sites excluding steroid dienone is 1. The van der Waals surface area contributed by atoms with E-state index >= 15 is 0 Å². The number of aliphatic hydroxyl groups is 1. The first-order valence-corrected chi connectivity index (χ1v) is 7.45. The molecule has 0 radical (unpaired) electrons. The summed E-state index contributed by atoms with van der Waals surface area (Å²) in [4.78, 5) is 4.59. The number of imidazole rings is 1. The van der Waals surface area contributed by atoms with Gasteiger partial charge in [-0.25, -0.2) is 4.98 Å². The summed E-state index contributed by atoms with van der Waals surface area (Å²) in [5.41, 5.74) is 2.14. The van der Waals surface area contributed by atoms with E-state index in [1.807, 2.05) is 42.5 Å². The van der Waals surface area contributed by atoms with Crippen molar-refractivity contribution in [2.45, 2.75) is 26.0 Å². The van der Waals surface area contributed by atoms with Crippen molar-refractivity contribution >= 4 is 17.1 Å². The molecule has 0 spiro atoms. The minimum Gasteiger partial charge on any atom is -0.383 e. The monoisotopic (exact) mass is 292 g/mol. The first-order chi connectivity index (χ1) is 10.6. The molecule has 1 N–H and O–H groups in total. The number of aromatic nitrogens is 2. The first-order valence-electron chi connectivity index (χ1n) is 7.45. The summed E-state index contributed by atoms with van der Waals surface area (Å²) in [7, 11) is 0. The third-order valence-electron chi connectivity index (χ3n) is 3.60. The Hall–Kier alpha value is -2.39. The molecule has 1 heterocycles. The zero-order valence-electron chi connectivity index (χ0n) is 12.9. The maximum absolute atomic E-state index is 10.4. The highest BCUT2D eigenvalue weighted by atomic mass is 16.3. The van der Waals surface area contributed by atoms with Gasteiger partial charge in [0.2, 0.25) is 0 Å². The first kappa shape index (κ1) is 14.5. The van der Waals surface area contributed by atoms with Crippen molar-refractivity contribution in [3.05, 3.63) is 72.1 Å². The average Bonchev–Trinajstić information content (AvgIpc) is 2.88. The highest BCUT2D eigenvalue weighted by Crippen LogP contribution is 2.24. The van der Waals surface area contributed by atoms with Gasteiger partial charge in [-0.3, -0.25) is 0 Å². The molecule has 3 rings (SSSR count). The summed E-state index contributed by atoms with van der Waals surface area (Å²) in [6.07, 6.45) is 4.18. The van der Waals surface area contributed by atoms with Crippen molar-refractivity contribution in [2.24, 2.45) is 0 Å². The van der Waals surface area contributed by atoms with Gasteiger partial charge in [0.15, 0.2) is 0 Å². The second-order valence-electron chi connectivity index (χ2n) is 5.91. The summed E-state index contributed by atoms with van der Waals surface area (Å²) in [6, 6.07) is 18.2. The number of hydrogen-bond donors (Lipinski definition) is 1. The van der Waals surface area contributed by atoms with Crippen LogP contribution in [0.5, 0.6) is 0 Å². The van der Waals surface area contributed by atoms with Crippen LogP contribution in [0.2, 0.25) is 0 Å². The second-order valence-corrected chi connectivity index (χ2v) is 5.91. The summed E-state index contributed by atoms with van der Waals surface area (Å²) in [5, 5.41) is 10.4. The van der Waals surface area contributed by atoms with Gasteiger partial charge in [-0.05, 0) is 31.5 Å². The molecule has 3 heteroatoms. The van der Waals surface area contributed by atoms with E-state index in [1.165, 1.54) is 0 Å². The highest BCUT2D eigenvalue weighted by molar-refractivity contribution is 5.76. The molecule has 0 atom stereocenters. The van der Waals surface area contributed by atoms with E-state index in [9.17, 15) is 5.11 Å². The van der Waals surface area contributed by atoms with E-state index in [4.69, 9.17) is 0 Å². The zero-order valence-corrected chi connectivity index (χ0v) is 12.9. The smallest absolute Gasteiger partial charge is 0.141 e. The topological polar surface area (TPSA) is 38.1 Å². The van der Waals surface area contributed by atoms with Crippen LogP contribution in [0.15, 0.2) is 60.7 Å². The molecular formula is C19H20N2O. The van der Waals surface area contributed by atoms with Gasteiger partial charge in [0, 0.05) is 6.54 Å². The van der Waals surface area contributed by atoms with Crippen molar-refractivity contribution in [3.8, 4) is 0 Å². The van der Waals surface area contributed by atoms with Gasteiger partial charge >= 0.3 is 0 Å². The minimum atomic E-state index is -0.973. The molecule has 0 bridgehead atoms. The van der Waals surface area contributed by atoms with Gasteiger partial charge in [0.25, 0.3) is 0 Å². The van der Waals surface area contributed by atoms with Crippen LogP contribution < -0.4 is 0 Å². The number of fused-ring (bicyclic) bond motifs is 1. The average molecular weight is 292 g/mol. The molecule has 0 saturated carbocycles. The van der Waals surface area contributed by atoms with Crippen LogP contribution >= 0.6 is 0 Å². The Morgan fingerprint density at radius 3 is 2.45 bits per heavy atom. The summed E-state index contributed by atoms with van der Waals surface area (Å²) in [5.74, 6) is 0.686. The van der Waals surface area contributed by atoms with Gasteiger partial charge in [-0.1, -0.05) is 54.6 Å². The molecular weight excluding hydrogens is 272 g/mol. The van der Waals surface area contributed by atoms with E-state index < -0.39 is 5.60 Å². The Bertz CT molecular complexity index is 795. The van der Waals surface area contributed by atoms with Gasteiger partial charge in [-0.15, -0.1) is 0 Å². The Labute approximate surface area is 130 Å². The second kappa shape index (κ2) is 5.78. The predicted molar refractivity (Wildman–Crippen MR) is 90.5 cm³/mol. The molecule has 0 saturated heterocycles. The van der Waals surface area contributed by atoms with Crippen molar-refractivity contribution in [2.75, 3.05) is 0 Å². The van der Waals surface area contributed by atoms with Gasteiger partial charge < -0.3 is 9.67 Å². The number of hydrogen-bond acceptors (Lipinski definition) is 2. The largest absolute Gasteiger partial charge is 0.383 e. The van der Waals surface area contributed by atoms with Gasteiger partial charge in [0.1, 0.15) is 11.4 Å². The Kier molecular flexibility index (Phi) is 3.82. The number of rotatable bonds is 4. The Balaban J connectivity index is 1.97. The highest BCUT2D eigenvalue weighted by Gasteiger charge is 2.24. The van der Waals surface area contributed by atoms with E-state index in [1.54, 1.807) is 13.8 Å². The fourth-order valence-electron chi connectivity index (χ4n) is 2.59. The summed E-state index contributed by atoms with van der Waals surface area (Å²) < 4.78 is 2.06. The van der Waals surface area contributed by atoms with Crippen LogP contribution in [-0.2, 0) is 12.1 Å². The van der Waals surface area contributed by atoms with Crippen LogP contribution in [0.1, 0.15) is 25.2 Å². The molecule has 112 valence electrons. The molecule has 0 unspecified atom stereocenters. The zero-order chi connectivity index (χ0) is 15.6. The van der Waals surface area contributed by atoms with Crippen LogP contribution in [-0.4, -0.2) is 14.7 Å². The number of para-hydroxylation sites is 2. The molecule has 22 heavy (non-hydrogen) atoms. The third kappa shape index (κ3) is 2.95. The molecule has 0 aliphatic heterocycles. The standard InChI is InChI=1S/C19H20N2O/c1-19(2,22)18-20-16-12-6-7-13-17(16)21(18)14-8-11-15-9-4-3-5-10-15/h3-13,22H,14H2,1-2H3/b11-8+. The lowest BCUT2D eigenvalue weighted by Crippen LogP contribution is -2.22.